The second-order valence-corrected chi connectivity index (χ2v) is 8.16. The average Bonchev–Trinajstić information content (AvgIpc) is 2.39. The SMILES string of the molecule is CS(=O)(=O)c1ccc(S(=O)(=O)N2CCNCC2)cn1. The van der Waals surface area contributed by atoms with Crippen molar-refractivity contribution < 1.29 is 16.8 Å². The summed E-state index contributed by atoms with van der Waals surface area (Å²) in [5.41, 5.74) is 0. The van der Waals surface area contributed by atoms with Crippen molar-refractivity contribution in [1.82, 2.24) is 14.6 Å². The maximum Gasteiger partial charge on any atom is 0.244 e. The molecule has 0 aliphatic carbocycles. The third kappa shape index (κ3) is 3.11. The van der Waals surface area contributed by atoms with Crippen LogP contribution >= 0.6 is 0 Å². The Morgan fingerprint density at radius 3 is 2.26 bits per heavy atom. The van der Waals surface area contributed by atoms with Crippen LogP contribution in [0.5, 0.6) is 0 Å². The summed E-state index contributed by atoms with van der Waals surface area (Å²) in [6.45, 7) is 2.01. The van der Waals surface area contributed by atoms with Gasteiger partial charge in [-0.25, -0.2) is 21.8 Å². The number of hydrogen-bond donors (Lipinski definition) is 1. The standard InChI is InChI=1S/C10H15N3O4S2/c1-18(14,15)10-3-2-9(8-12-10)19(16,17)13-6-4-11-5-7-13/h2-3,8,11H,4-7H2,1H3. The summed E-state index contributed by atoms with van der Waals surface area (Å²) in [5, 5.41) is 2.93. The number of nitrogens with zero attached hydrogens (tertiary/aromatic N) is 2. The molecule has 19 heavy (non-hydrogen) atoms. The molecular formula is C10H15N3O4S2. The lowest BCUT2D eigenvalue weighted by atomic mass is 10.4. The van der Waals surface area contributed by atoms with Crippen LogP contribution in [-0.4, -0.2) is 58.6 Å². The monoisotopic (exact) mass is 305 g/mol. The molecule has 1 aliphatic heterocycles. The van der Waals surface area contributed by atoms with Gasteiger partial charge in [0.2, 0.25) is 10.0 Å². The number of aromatic nitrogens is 1. The first-order valence-electron chi connectivity index (χ1n) is 5.69. The Kier molecular flexibility index (Phi) is 3.90. The van der Waals surface area contributed by atoms with E-state index in [0.717, 1.165) is 12.5 Å². The molecule has 2 rings (SSSR count). The van der Waals surface area contributed by atoms with Crippen molar-refractivity contribution in [2.75, 3.05) is 32.4 Å². The van der Waals surface area contributed by atoms with Crippen LogP contribution in [-0.2, 0) is 19.9 Å². The highest BCUT2D eigenvalue weighted by Gasteiger charge is 2.26. The minimum atomic E-state index is -3.59. The van der Waals surface area contributed by atoms with E-state index in [0.29, 0.717) is 26.2 Å². The van der Waals surface area contributed by atoms with Gasteiger partial charge in [0.25, 0.3) is 0 Å². The Bertz CT molecular complexity index is 647. The lowest BCUT2D eigenvalue weighted by Crippen LogP contribution is -2.46. The summed E-state index contributed by atoms with van der Waals surface area (Å²) in [7, 11) is -7.01. The van der Waals surface area contributed by atoms with Gasteiger partial charge in [0, 0.05) is 38.6 Å². The Labute approximate surface area is 112 Å². The van der Waals surface area contributed by atoms with Crippen LogP contribution in [0.3, 0.4) is 0 Å². The molecule has 0 radical (unpaired) electrons. The van der Waals surface area contributed by atoms with Gasteiger partial charge in [0.05, 0.1) is 0 Å². The van der Waals surface area contributed by atoms with E-state index in [2.05, 4.69) is 10.3 Å². The van der Waals surface area contributed by atoms with Crippen LogP contribution in [0.25, 0.3) is 0 Å². The van der Waals surface area contributed by atoms with Crippen molar-refractivity contribution in [3.63, 3.8) is 0 Å². The van der Waals surface area contributed by atoms with E-state index in [1.807, 2.05) is 0 Å². The van der Waals surface area contributed by atoms with E-state index >= 15 is 0 Å². The number of hydrogen-bond acceptors (Lipinski definition) is 6. The van der Waals surface area contributed by atoms with Crippen LogP contribution in [0.1, 0.15) is 0 Å². The Morgan fingerprint density at radius 2 is 1.79 bits per heavy atom. The van der Waals surface area contributed by atoms with Gasteiger partial charge in [-0.2, -0.15) is 4.31 Å². The summed E-state index contributed by atoms with van der Waals surface area (Å²) in [6, 6.07) is 2.49. The van der Waals surface area contributed by atoms with Crippen LogP contribution in [0.15, 0.2) is 28.3 Å². The minimum absolute atomic E-state index is 0.0156. The van der Waals surface area contributed by atoms with E-state index in [1.54, 1.807) is 0 Å². The van der Waals surface area contributed by atoms with E-state index in [9.17, 15) is 16.8 Å². The molecule has 0 bridgehead atoms. The number of pyridine rings is 1. The Balaban J connectivity index is 2.31. The molecule has 9 heteroatoms. The summed E-state index contributed by atoms with van der Waals surface area (Å²) < 4.78 is 48.4. The molecule has 1 aromatic heterocycles. The summed E-state index contributed by atoms with van der Waals surface area (Å²) in [4.78, 5) is 3.72. The van der Waals surface area contributed by atoms with Gasteiger partial charge in [-0.1, -0.05) is 0 Å². The average molecular weight is 305 g/mol. The smallest absolute Gasteiger partial charge is 0.244 e. The highest BCUT2D eigenvalue weighted by Crippen LogP contribution is 2.16. The Hall–Kier alpha value is -1.03. The molecule has 1 aromatic rings. The number of sulfone groups is 1. The third-order valence-electron chi connectivity index (χ3n) is 2.80. The largest absolute Gasteiger partial charge is 0.314 e. The fourth-order valence-electron chi connectivity index (χ4n) is 1.77. The Morgan fingerprint density at radius 1 is 1.16 bits per heavy atom. The summed E-state index contributed by atoms with van der Waals surface area (Å²) >= 11 is 0. The second kappa shape index (κ2) is 5.16. The number of sulfonamides is 1. The van der Waals surface area contributed by atoms with E-state index in [4.69, 9.17) is 0 Å². The molecule has 7 nitrogen and oxygen atoms in total. The van der Waals surface area contributed by atoms with Crippen molar-refractivity contribution in [3.8, 4) is 0 Å². The normalized spacial score (nSPS) is 18.4. The minimum Gasteiger partial charge on any atom is -0.314 e. The lowest BCUT2D eigenvalue weighted by molar-refractivity contribution is 0.360. The van der Waals surface area contributed by atoms with E-state index in [1.165, 1.54) is 16.4 Å². The maximum absolute atomic E-state index is 12.3. The number of rotatable bonds is 3. The maximum atomic E-state index is 12.3. The molecule has 1 N–H and O–H groups in total. The van der Waals surface area contributed by atoms with Gasteiger partial charge < -0.3 is 5.32 Å². The molecule has 1 aliphatic rings. The zero-order valence-electron chi connectivity index (χ0n) is 10.4. The predicted octanol–water partition coefficient (Wildman–Crippen LogP) is -0.921. The fourth-order valence-corrected chi connectivity index (χ4v) is 3.72. The van der Waals surface area contributed by atoms with E-state index < -0.39 is 19.9 Å². The molecule has 0 unspecified atom stereocenters. The summed E-state index contributed by atoms with van der Waals surface area (Å²) in [5.74, 6) is 0. The molecule has 0 spiro atoms. The fraction of sp³-hybridized carbons (Fsp3) is 0.500. The molecule has 2 heterocycles. The molecule has 1 fully saturated rings. The highest BCUT2D eigenvalue weighted by molar-refractivity contribution is 7.90. The molecular weight excluding hydrogens is 290 g/mol. The molecule has 106 valence electrons. The number of piperazine rings is 1. The van der Waals surface area contributed by atoms with Crippen LogP contribution in [0.4, 0.5) is 0 Å². The molecule has 0 amide bonds. The quantitative estimate of drug-likeness (QED) is 0.776. The van der Waals surface area contributed by atoms with Crippen LogP contribution < -0.4 is 5.32 Å². The van der Waals surface area contributed by atoms with Gasteiger partial charge in [0.15, 0.2) is 14.9 Å². The lowest BCUT2D eigenvalue weighted by Gasteiger charge is -2.26. The second-order valence-electron chi connectivity index (χ2n) is 4.26. The first-order valence-corrected chi connectivity index (χ1v) is 9.02. The van der Waals surface area contributed by atoms with Gasteiger partial charge in [-0.3, -0.25) is 0 Å². The van der Waals surface area contributed by atoms with E-state index in [-0.39, 0.29) is 9.92 Å². The zero-order valence-corrected chi connectivity index (χ0v) is 12.0. The highest BCUT2D eigenvalue weighted by atomic mass is 32.2. The number of nitrogens with one attached hydrogen (secondary N) is 1. The van der Waals surface area contributed by atoms with Crippen LogP contribution in [0, 0.1) is 0 Å². The van der Waals surface area contributed by atoms with Crippen molar-refractivity contribution in [1.29, 1.82) is 0 Å². The van der Waals surface area contributed by atoms with Crippen molar-refractivity contribution in [2.24, 2.45) is 0 Å². The zero-order chi connectivity index (χ0) is 14.1. The first kappa shape index (κ1) is 14.4. The van der Waals surface area contributed by atoms with Crippen LogP contribution in [0.2, 0.25) is 0 Å². The molecule has 0 atom stereocenters. The molecule has 1 saturated heterocycles. The van der Waals surface area contributed by atoms with Crippen molar-refractivity contribution in [2.45, 2.75) is 9.92 Å². The third-order valence-corrected chi connectivity index (χ3v) is 5.69. The van der Waals surface area contributed by atoms with Crippen molar-refractivity contribution >= 4 is 19.9 Å². The predicted molar refractivity (Wildman–Crippen MR) is 69.0 cm³/mol. The van der Waals surface area contributed by atoms with Gasteiger partial charge in [-0.05, 0) is 12.1 Å². The van der Waals surface area contributed by atoms with Gasteiger partial charge in [-0.15, -0.1) is 0 Å². The van der Waals surface area contributed by atoms with Gasteiger partial charge in [0.1, 0.15) is 4.90 Å². The van der Waals surface area contributed by atoms with Gasteiger partial charge >= 0.3 is 0 Å². The van der Waals surface area contributed by atoms with Crippen molar-refractivity contribution in [3.05, 3.63) is 18.3 Å². The topological polar surface area (TPSA) is 96.4 Å². The molecule has 0 saturated carbocycles. The summed E-state index contributed by atoms with van der Waals surface area (Å²) in [6.07, 6.45) is 2.12. The molecule has 0 aromatic carbocycles. The first-order chi connectivity index (χ1) is 8.82.